The van der Waals surface area contributed by atoms with Crippen LogP contribution in [-0.2, 0) is 9.53 Å². The molecule has 86 valence electrons. The molecular weight excluding hydrogens is 188 g/mol. The molecule has 0 spiro atoms. The Morgan fingerprint density at radius 2 is 2.27 bits per heavy atom. The molecule has 2 nitrogen and oxygen atoms in total. The van der Waals surface area contributed by atoms with E-state index in [-0.39, 0.29) is 6.10 Å². The molecule has 0 saturated heterocycles. The minimum atomic E-state index is 0.195. The average molecular weight is 210 g/mol. The number of hydrogen-bond donors (Lipinski definition) is 0. The molecule has 0 aromatic carbocycles. The van der Waals surface area contributed by atoms with Gasteiger partial charge in [-0.1, -0.05) is 12.5 Å². The lowest BCUT2D eigenvalue weighted by Gasteiger charge is -2.09. The summed E-state index contributed by atoms with van der Waals surface area (Å²) in [6, 6.07) is 0. The molecular formula is C13H22O2. The summed E-state index contributed by atoms with van der Waals surface area (Å²) in [5.41, 5.74) is 1.07. The highest BCUT2D eigenvalue weighted by atomic mass is 16.5. The Labute approximate surface area is 92.7 Å². The maximum Gasteiger partial charge on any atom is 0.158 e. The smallest absolute Gasteiger partial charge is 0.158 e. The van der Waals surface area contributed by atoms with Crippen LogP contribution in [0.2, 0.25) is 0 Å². The summed E-state index contributed by atoms with van der Waals surface area (Å²) in [5.74, 6) is 0.334. The van der Waals surface area contributed by atoms with Crippen LogP contribution in [0.1, 0.15) is 51.9 Å². The van der Waals surface area contributed by atoms with Gasteiger partial charge >= 0.3 is 0 Å². The van der Waals surface area contributed by atoms with Gasteiger partial charge in [-0.15, -0.1) is 0 Å². The Balaban J connectivity index is 2.35. The number of Topliss-reactive ketones (excluding diaryl/α,β-unsaturated/α-hetero) is 1. The van der Waals surface area contributed by atoms with Crippen LogP contribution in [0.25, 0.3) is 0 Å². The highest BCUT2D eigenvalue weighted by Crippen LogP contribution is 2.19. The van der Waals surface area contributed by atoms with Gasteiger partial charge in [-0.25, -0.2) is 0 Å². The van der Waals surface area contributed by atoms with Crippen LogP contribution >= 0.6 is 0 Å². The lowest BCUT2D eigenvalue weighted by molar-refractivity contribution is -0.116. The molecule has 0 fully saturated rings. The molecule has 0 amide bonds. The maximum atomic E-state index is 11.8. The van der Waals surface area contributed by atoms with E-state index in [1.54, 1.807) is 7.11 Å². The quantitative estimate of drug-likeness (QED) is 0.696. The molecule has 0 bridgehead atoms. The predicted octanol–water partition coefficient (Wildman–Crippen LogP) is 3.26. The molecule has 1 rings (SSSR count). The van der Waals surface area contributed by atoms with Gasteiger partial charge in [0.2, 0.25) is 0 Å². The summed E-state index contributed by atoms with van der Waals surface area (Å²) in [7, 11) is 1.69. The van der Waals surface area contributed by atoms with Gasteiger partial charge in [-0.3, -0.25) is 4.79 Å². The molecule has 0 saturated carbocycles. The molecule has 1 aliphatic rings. The third kappa shape index (κ3) is 4.61. The molecule has 1 aliphatic carbocycles. The van der Waals surface area contributed by atoms with Crippen LogP contribution in [0.3, 0.4) is 0 Å². The summed E-state index contributed by atoms with van der Waals surface area (Å²) in [6.45, 7) is 2.01. The van der Waals surface area contributed by atoms with Crippen LogP contribution in [0.4, 0.5) is 0 Å². The summed E-state index contributed by atoms with van der Waals surface area (Å²) >= 11 is 0. The van der Waals surface area contributed by atoms with Gasteiger partial charge in [-0.2, -0.15) is 0 Å². The lowest BCUT2D eigenvalue weighted by atomic mass is 10.0. The topological polar surface area (TPSA) is 26.3 Å². The number of carbonyl (C=O) groups is 1. The van der Waals surface area contributed by atoms with Crippen LogP contribution in [0.15, 0.2) is 11.6 Å². The van der Waals surface area contributed by atoms with E-state index in [2.05, 4.69) is 6.08 Å². The largest absolute Gasteiger partial charge is 0.382 e. The summed E-state index contributed by atoms with van der Waals surface area (Å²) < 4.78 is 5.14. The summed E-state index contributed by atoms with van der Waals surface area (Å²) in [5, 5.41) is 0. The van der Waals surface area contributed by atoms with Gasteiger partial charge in [0, 0.05) is 13.5 Å². The molecule has 0 heterocycles. The van der Waals surface area contributed by atoms with Crippen LogP contribution in [0.5, 0.6) is 0 Å². The minimum Gasteiger partial charge on any atom is -0.382 e. The van der Waals surface area contributed by atoms with Crippen molar-refractivity contribution < 1.29 is 9.53 Å². The molecule has 15 heavy (non-hydrogen) atoms. The third-order valence-corrected chi connectivity index (χ3v) is 3.08. The van der Waals surface area contributed by atoms with Crippen LogP contribution in [-0.4, -0.2) is 19.0 Å². The molecule has 0 N–H and O–H groups in total. The van der Waals surface area contributed by atoms with Crippen molar-refractivity contribution in [3.05, 3.63) is 11.6 Å². The first kappa shape index (κ1) is 12.4. The van der Waals surface area contributed by atoms with Gasteiger partial charge < -0.3 is 4.74 Å². The zero-order chi connectivity index (χ0) is 11.1. The highest BCUT2D eigenvalue weighted by Gasteiger charge is 2.12. The number of allylic oxidation sites excluding steroid dienone is 2. The zero-order valence-electron chi connectivity index (χ0n) is 9.92. The van der Waals surface area contributed by atoms with E-state index >= 15 is 0 Å². The van der Waals surface area contributed by atoms with Crippen molar-refractivity contribution in [3.63, 3.8) is 0 Å². The molecule has 0 radical (unpaired) electrons. The van der Waals surface area contributed by atoms with Gasteiger partial charge in [0.15, 0.2) is 5.78 Å². The number of carbonyl (C=O) groups excluding carboxylic acids is 1. The van der Waals surface area contributed by atoms with Crippen molar-refractivity contribution in [2.24, 2.45) is 0 Å². The Bertz CT molecular complexity index is 231. The first-order chi connectivity index (χ1) is 7.24. The van der Waals surface area contributed by atoms with E-state index in [0.29, 0.717) is 12.2 Å². The fraction of sp³-hybridized carbons (Fsp3) is 0.769. The molecule has 0 aromatic heterocycles. The Hall–Kier alpha value is -0.630. The van der Waals surface area contributed by atoms with Gasteiger partial charge in [0.05, 0.1) is 6.10 Å². The second-order valence-corrected chi connectivity index (χ2v) is 4.34. The van der Waals surface area contributed by atoms with E-state index in [0.717, 1.165) is 24.8 Å². The van der Waals surface area contributed by atoms with Crippen molar-refractivity contribution in [1.82, 2.24) is 0 Å². The van der Waals surface area contributed by atoms with Crippen molar-refractivity contribution in [2.75, 3.05) is 7.11 Å². The fourth-order valence-corrected chi connectivity index (χ4v) is 1.88. The Morgan fingerprint density at radius 1 is 1.47 bits per heavy atom. The second kappa shape index (κ2) is 6.78. The van der Waals surface area contributed by atoms with Crippen LogP contribution in [0, 0.1) is 0 Å². The molecule has 2 heteroatoms. The zero-order valence-corrected chi connectivity index (χ0v) is 9.92. The van der Waals surface area contributed by atoms with Crippen molar-refractivity contribution in [1.29, 1.82) is 0 Å². The SMILES string of the molecule is COC(C)CCC(=O)C1=CCCCCC1. The number of ether oxygens (including phenoxy) is 1. The summed E-state index contributed by atoms with van der Waals surface area (Å²) in [4.78, 5) is 11.8. The van der Waals surface area contributed by atoms with E-state index in [9.17, 15) is 4.79 Å². The maximum absolute atomic E-state index is 11.8. The number of methoxy groups -OCH3 is 1. The molecule has 1 unspecified atom stereocenters. The normalized spacial score (nSPS) is 19.2. The van der Waals surface area contributed by atoms with Crippen molar-refractivity contribution in [2.45, 2.75) is 58.0 Å². The Kier molecular flexibility index (Phi) is 5.62. The monoisotopic (exact) mass is 210 g/mol. The lowest BCUT2D eigenvalue weighted by Crippen LogP contribution is -2.10. The van der Waals surface area contributed by atoms with Crippen LogP contribution < -0.4 is 0 Å². The predicted molar refractivity (Wildman–Crippen MR) is 61.9 cm³/mol. The van der Waals surface area contributed by atoms with E-state index in [4.69, 9.17) is 4.74 Å². The van der Waals surface area contributed by atoms with Crippen molar-refractivity contribution in [3.8, 4) is 0 Å². The average Bonchev–Trinajstić information content (AvgIpc) is 2.53. The molecule has 0 aromatic rings. The van der Waals surface area contributed by atoms with E-state index in [1.165, 1.54) is 19.3 Å². The first-order valence-electron chi connectivity index (χ1n) is 5.99. The summed E-state index contributed by atoms with van der Waals surface area (Å²) in [6.07, 6.45) is 9.58. The van der Waals surface area contributed by atoms with Gasteiger partial charge in [0.1, 0.15) is 0 Å². The molecule has 0 aliphatic heterocycles. The van der Waals surface area contributed by atoms with E-state index < -0.39 is 0 Å². The van der Waals surface area contributed by atoms with Gasteiger partial charge in [0.25, 0.3) is 0 Å². The number of hydrogen-bond acceptors (Lipinski definition) is 2. The fourth-order valence-electron chi connectivity index (χ4n) is 1.88. The third-order valence-electron chi connectivity index (χ3n) is 3.08. The van der Waals surface area contributed by atoms with E-state index in [1.807, 2.05) is 6.92 Å². The van der Waals surface area contributed by atoms with Gasteiger partial charge in [-0.05, 0) is 44.6 Å². The highest BCUT2D eigenvalue weighted by molar-refractivity contribution is 5.95. The Morgan fingerprint density at radius 3 is 3.00 bits per heavy atom. The second-order valence-electron chi connectivity index (χ2n) is 4.34. The molecule has 1 atom stereocenters. The minimum absolute atomic E-state index is 0.195. The van der Waals surface area contributed by atoms with Crippen molar-refractivity contribution >= 4 is 5.78 Å². The number of ketones is 1. The number of rotatable bonds is 5. The standard InChI is InChI=1S/C13H22O2/c1-11(15-2)9-10-13(14)12-7-5-3-4-6-8-12/h7,11H,3-6,8-10H2,1-2H3. The first-order valence-corrected chi connectivity index (χ1v) is 5.99.